The van der Waals surface area contributed by atoms with Crippen molar-refractivity contribution in [1.29, 1.82) is 0 Å². The van der Waals surface area contributed by atoms with Gasteiger partial charge < -0.3 is 25.0 Å². The summed E-state index contributed by atoms with van der Waals surface area (Å²) < 4.78 is 1.92. The molecule has 4 N–H and O–H groups in total. The number of anilines is 1. The number of nitrogens with zero attached hydrogens (tertiary/aromatic N) is 4. The lowest BCUT2D eigenvalue weighted by molar-refractivity contribution is 0.273. The average Bonchev–Trinajstić information content (AvgIpc) is 3.50. The Morgan fingerprint density at radius 1 is 1.15 bits per heavy atom. The molecular weight excluding hydrogens is 418 g/mol. The van der Waals surface area contributed by atoms with Gasteiger partial charge in [0, 0.05) is 36.7 Å². The first-order valence-corrected chi connectivity index (χ1v) is 10.6. The van der Waals surface area contributed by atoms with Crippen LogP contribution in [0.25, 0.3) is 28.1 Å². The molecule has 4 heterocycles. The summed E-state index contributed by atoms with van der Waals surface area (Å²) in [5.74, 6) is 0.459. The van der Waals surface area contributed by atoms with Crippen LogP contribution in [0.3, 0.4) is 0 Å². The molecule has 0 aliphatic rings. The van der Waals surface area contributed by atoms with Crippen LogP contribution in [-0.2, 0) is 6.42 Å². The van der Waals surface area contributed by atoms with Crippen LogP contribution in [0, 0.1) is 6.92 Å². The Bertz CT molecular complexity index is 1440. The number of hydrogen-bond acceptors (Lipinski definition) is 6. The molecule has 0 bridgehead atoms. The third-order valence-electron chi connectivity index (χ3n) is 5.57. The average molecular weight is 441 g/mol. The number of aromatic nitrogens is 6. The summed E-state index contributed by atoms with van der Waals surface area (Å²) in [6, 6.07) is 9.31. The standard InChI is InChI=1S/C24H23N7O2/c1-15-10-18(31-9-8-26-14-31)12-20-22(15)30-23(29-20)21-19(4-7-27-24(21)33)28-17(13-32)11-16-2-5-25-6-3-16/h2-10,12,14,17,32H,11,13H2,1H3,(H,29,30)(H2,27,28,33). The lowest BCUT2D eigenvalue weighted by atomic mass is 10.1. The third kappa shape index (κ3) is 4.13. The molecule has 0 aliphatic heterocycles. The smallest absolute Gasteiger partial charge is 0.261 e. The minimum absolute atomic E-state index is 0.0952. The van der Waals surface area contributed by atoms with E-state index in [9.17, 15) is 9.90 Å². The summed E-state index contributed by atoms with van der Waals surface area (Å²) in [6.45, 7) is 1.89. The van der Waals surface area contributed by atoms with Gasteiger partial charge in [0.1, 0.15) is 11.4 Å². The molecule has 33 heavy (non-hydrogen) atoms. The topological polar surface area (TPSA) is 125 Å². The molecule has 9 nitrogen and oxygen atoms in total. The van der Waals surface area contributed by atoms with Crippen molar-refractivity contribution in [2.24, 2.45) is 0 Å². The number of aryl methyl sites for hydroxylation is 1. The molecule has 166 valence electrons. The van der Waals surface area contributed by atoms with Crippen LogP contribution in [0.4, 0.5) is 5.69 Å². The zero-order valence-corrected chi connectivity index (χ0v) is 18.0. The van der Waals surface area contributed by atoms with Crippen LogP contribution in [0.2, 0.25) is 0 Å². The summed E-state index contributed by atoms with van der Waals surface area (Å²) in [4.78, 5) is 31.8. The fraction of sp³-hybridized carbons (Fsp3) is 0.167. The first-order chi connectivity index (χ1) is 16.1. The molecule has 1 unspecified atom stereocenters. The number of H-pyrrole nitrogens is 2. The van der Waals surface area contributed by atoms with E-state index >= 15 is 0 Å². The van der Waals surface area contributed by atoms with Gasteiger partial charge in [0.05, 0.1) is 35.7 Å². The van der Waals surface area contributed by atoms with Crippen molar-refractivity contribution >= 4 is 16.7 Å². The third-order valence-corrected chi connectivity index (χ3v) is 5.57. The number of rotatable bonds is 7. The fourth-order valence-electron chi connectivity index (χ4n) is 3.97. The van der Waals surface area contributed by atoms with Crippen LogP contribution in [0.15, 0.2) is 72.4 Å². The Kier molecular flexibility index (Phi) is 5.45. The van der Waals surface area contributed by atoms with E-state index in [1.54, 1.807) is 37.2 Å². The lowest BCUT2D eigenvalue weighted by Crippen LogP contribution is -2.28. The number of pyridine rings is 2. The summed E-state index contributed by atoms with van der Waals surface area (Å²) in [5.41, 5.74) is 5.29. The van der Waals surface area contributed by atoms with E-state index in [0.717, 1.165) is 27.8 Å². The van der Waals surface area contributed by atoms with Crippen molar-refractivity contribution in [3.63, 3.8) is 0 Å². The maximum Gasteiger partial charge on any atom is 0.261 e. The van der Waals surface area contributed by atoms with Gasteiger partial charge in [0.15, 0.2) is 0 Å². The SMILES string of the molecule is Cc1cc(-n2ccnc2)cc2[nH]c(-c3c(NC(CO)Cc4ccncc4)cc[nH]c3=O)nc12. The molecule has 0 amide bonds. The van der Waals surface area contributed by atoms with Crippen LogP contribution < -0.4 is 10.9 Å². The zero-order valence-electron chi connectivity index (χ0n) is 18.0. The first kappa shape index (κ1) is 20.7. The van der Waals surface area contributed by atoms with Crippen molar-refractivity contribution in [2.75, 3.05) is 11.9 Å². The second kappa shape index (κ2) is 8.71. The summed E-state index contributed by atoms with van der Waals surface area (Å²) in [7, 11) is 0. The van der Waals surface area contributed by atoms with Crippen molar-refractivity contribution in [3.05, 3.63) is 89.1 Å². The molecule has 0 fully saturated rings. The van der Waals surface area contributed by atoms with Gasteiger partial charge in [-0.3, -0.25) is 9.78 Å². The number of imidazole rings is 2. The number of fused-ring (bicyclic) bond motifs is 1. The predicted molar refractivity (Wildman–Crippen MR) is 126 cm³/mol. The van der Waals surface area contributed by atoms with Crippen molar-refractivity contribution in [2.45, 2.75) is 19.4 Å². The van der Waals surface area contributed by atoms with E-state index in [1.807, 2.05) is 42.0 Å². The van der Waals surface area contributed by atoms with Gasteiger partial charge in [-0.25, -0.2) is 9.97 Å². The van der Waals surface area contributed by atoms with Gasteiger partial charge in [-0.15, -0.1) is 0 Å². The summed E-state index contributed by atoms with van der Waals surface area (Å²) >= 11 is 0. The highest BCUT2D eigenvalue weighted by molar-refractivity contribution is 5.86. The number of aliphatic hydroxyl groups is 1. The Morgan fingerprint density at radius 2 is 2.00 bits per heavy atom. The van der Waals surface area contributed by atoms with E-state index in [1.165, 1.54) is 0 Å². The molecule has 0 saturated heterocycles. The van der Waals surface area contributed by atoms with Gasteiger partial charge in [-0.2, -0.15) is 0 Å². The van der Waals surface area contributed by atoms with Crippen LogP contribution in [0.1, 0.15) is 11.1 Å². The van der Waals surface area contributed by atoms with Crippen molar-refractivity contribution in [1.82, 2.24) is 29.5 Å². The van der Waals surface area contributed by atoms with E-state index < -0.39 is 0 Å². The maximum atomic E-state index is 12.8. The second-order valence-corrected chi connectivity index (χ2v) is 7.89. The highest BCUT2D eigenvalue weighted by atomic mass is 16.3. The molecule has 5 rings (SSSR count). The molecule has 0 spiro atoms. The molecule has 1 atom stereocenters. The Morgan fingerprint density at radius 3 is 2.76 bits per heavy atom. The van der Waals surface area contributed by atoms with Crippen LogP contribution in [0.5, 0.6) is 0 Å². The molecule has 1 aromatic carbocycles. The minimum Gasteiger partial charge on any atom is -0.394 e. The van der Waals surface area contributed by atoms with Gasteiger partial charge in [0.25, 0.3) is 5.56 Å². The molecule has 0 radical (unpaired) electrons. The van der Waals surface area contributed by atoms with Crippen molar-refractivity contribution < 1.29 is 5.11 Å². The molecule has 9 heteroatoms. The monoisotopic (exact) mass is 441 g/mol. The predicted octanol–water partition coefficient (Wildman–Crippen LogP) is 2.82. The lowest BCUT2D eigenvalue weighted by Gasteiger charge is -2.19. The van der Waals surface area contributed by atoms with Gasteiger partial charge >= 0.3 is 0 Å². The Hall–Kier alpha value is -4.24. The second-order valence-electron chi connectivity index (χ2n) is 7.89. The Balaban J connectivity index is 1.53. The van der Waals surface area contributed by atoms with Crippen molar-refractivity contribution in [3.8, 4) is 17.1 Å². The van der Waals surface area contributed by atoms with E-state index in [4.69, 9.17) is 4.98 Å². The first-order valence-electron chi connectivity index (χ1n) is 10.6. The zero-order chi connectivity index (χ0) is 22.8. The van der Waals surface area contributed by atoms with Gasteiger partial charge in [-0.05, 0) is 54.8 Å². The molecule has 0 aliphatic carbocycles. The number of nitrogens with one attached hydrogen (secondary N) is 3. The number of benzene rings is 1. The highest BCUT2D eigenvalue weighted by Gasteiger charge is 2.18. The normalized spacial score (nSPS) is 12.2. The fourth-order valence-corrected chi connectivity index (χ4v) is 3.97. The van der Waals surface area contributed by atoms with Gasteiger partial charge in [0.2, 0.25) is 0 Å². The van der Waals surface area contributed by atoms with E-state index in [-0.39, 0.29) is 18.2 Å². The summed E-state index contributed by atoms with van der Waals surface area (Å²) in [5, 5.41) is 13.3. The molecule has 5 aromatic rings. The number of aromatic amines is 2. The number of aliphatic hydroxyl groups excluding tert-OH is 1. The van der Waals surface area contributed by atoms with Crippen LogP contribution >= 0.6 is 0 Å². The summed E-state index contributed by atoms with van der Waals surface area (Å²) in [6.07, 6.45) is 10.9. The molecular formula is C24H23N7O2. The number of hydrogen-bond donors (Lipinski definition) is 4. The largest absolute Gasteiger partial charge is 0.394 e. The minimum atomic E-state index is -0.285. The maximum absolute atomic E-state index is 12.8. The van der Waals surface area contributed by atoms with E-state index in [2.05, 4.69) is 25.3 Å². The highest BCUT2D eigenvalue weighted by Crippen LogP contribution is 2.28. The van der Waals surface area contributed by atoms with E-state index in [0.29, 0.717) is 23.5 Å². The van der Waals surface area contributed by atoms with Gasteiger partial charge in [-0.1, -0.05) is 0 Å². The molecule has 4 aromatic heterocycles. The van der Waals surface area contributed by atoms with Crippen LogP contribution in [-0.4, -0.2) is 47.2 Å². The Labute approximate surface area is 189 Å². The molecule has 0 saturated carbocycles. The quantitative estimate of drug-likeness (QED) is 0.308.